The van der Waals surface area contributed by atoms with Crippen molar-refractivity contribution < 1.29 is 31.5 Å². The molecule has 0 aliphatic carbocycles. The number of benzene rings is 5. The molecule has 5 rings (SSSR count). The van der Waals surface area contributed by atoms with Crippen molar-refractivity contribution in [1.82, 2.24) is 0 Å². The summed E-state index contributed by atoms with van der Waals surface area (Å²) in [7, 11) is -6.13. The van der Waals surface area contributed by atoms with Crippen LogP contribution in [0.1, 0.15) is 37.1 Å². The first-order valence-electron chi connectivity index (χ1n) is 20.8. The van der Waals surface area contributed by atoms with E-state index in [1.807, 2.05) is 0 Å². The van der Waals surface area contributed by atoms with E-state index in [1.54, 1.807) is 0 Å². The molecular formula is C31H26Si. The van der Waals surface area contributed by atoms with Gasteiger partial charge in [-0.05, 0) is 44.4 Å². The van der Waals surface area contributed by atoms with Crippen LogP contribution in [0.4, 0.5) is 0 Å². The fraction of sp³-hybridized carbons (Fsp3) is 0.0323. The number of hydrogen-bond acceptors (Lipinski definition) is 0. The van der Waals surface area contributed by atoms with E-state index in [4.69, 9.17) is 20.6 Å². The maximum atomic E-state index is 9.48. The van der Waals surface area contributed by atoms with Gasteiger partial charge in [0, 0.05) is 0 Å². The fourth-order valence-electron chi connectivity index (χ4n) is 3.47. The van der Waals surface area contributed by atoms with Crippen molar-refractivity contribution in [2.45, 2.75) is 6.92 Å². The first-order chi connectivity index (χ1) is 25.3. The minimum absolute atomic E-state index is 0.344. The number of hydrogen-bond donors (Lipinski definition) is 0. The summed E-state index contributed by atoms with van der Waals surface area (Å²) in [5, 5.41) is -4.05. The lowest BCUT2D eigenvalue weighted by Crippen LogP contribution is -2.75. The maximum Gasteiger partial charge on any atom is 0.180 e. The van der Waals surface area contributed by atoms with Crippen molar-refractivity contribution in [2.24, 2.45) is 0 Å². The normalized spacial score (nSPS) is 21.3. The Morgan fingerprint density at radius 1 is 0.438 bits per heavy atom. The molecule has 0 aromatic heterocycles. The van der Waals surface area contributed by atoms with E-state index >= 15 is 0 Å². The Balaban J connectivity index is 2.47. The topological polar surface area (TPSA) is 0 Å². The first kappa shape index (κ1) is 6.91. The highest BCUT2D eigenvalue weighted by Crippen LogP contribution is 2.24. The molecule has 154 valence electrons. The van der Waals surface area contributed by atoms with Gasteiger partial charge in [0.15, 0.2) is 8.07 Å². The van der Waals surface area contributed by atoms with E-state index in [9.17, 15) is 11.0 Å². The van der Waals surface area contributed by atoms with Gasteiger partial charge in [0.1, 0.15) is 0 Å². The molecule has 0 unspecified atom stereocenters. The minimum atomic E-state index is -6.13. The van der Waals surface area contributed by atoms with Crippen LogP contribution >= 0.6 is 0 Å². The highest BCUT2D eigenvalue weighted by molar-refractivity contribution is 7.20. The third-order valence-electron chi connectivity index (χ3n) is 4.81. The summed E-state index contributed by atoms with van der Waals surface area (Å²) >= 11 is 0. The molecule has 0 aliphatic heterocycles. The fourth-order valence-corrected chi connectivity index (χ4v) is 7.28. The second kappa shape index (κ2) is 8.82. The lowest BCUT2D eigenvalue weighted by Gasteiger charge is -2.36. The van der Waals surface area contributed by atoms with Gasteiger partial charge in [-0.15, -0.1) is 0 Å². The molecule has 0 saturated heterocycles. The highest BCUT2D eigenvalue weighted by atomic mass is 28.3. The molecule has 5 aromatic carbocycles. The van der Waals surface area contributed by atoms with Crippen LogP contribution in [0, 0.1) is 6.92 Å². The predicted molar refractivity (Wildman–Crippen MR) is 140 cm³/mol. The summed E-state index contributed by atoms with van der Waals surface area (Å²) < 4.78 is 203. The molecule has 0 heterocycles. The Morgan fingerprint density at radius 3 is 1.31 bits per heavy atom. The van der Waals surface area contributed by atoms with Crippen LogP contribution in [-0.2, 0) is 0 Å². The van der Waals surface area contributed by atoms with Crippen LogP contribution in [0.5, 0.6) is 0 Å². The molecule has 0 aliphatic rings. The standard InChI is InChI=1S/C31H26Si/c1-25-15-11-12-22-29(25)30-23-13-14-24-31(30)32(26-16-5-2-6-17-26,27-18-7-3-8-19-27)28-20-9-4-10-21-28/h2-24H,1H3/i2D,3D,4D,5D,6D,7D,8D,9D,10D,11D,12D,13D,14D,15D,16D,17D,18D,19D,20D,21D,22D,23D,24D. The van der Waals surface area contributed by atoms with Crippen LogP contribution in [-0.4, -0.2) is 8.07 Å². The molecule has 0 bridgehead atoms. The van der Waals surface area contributed by atoms with E-state index in [-0.39, 0.29) is 5.56 Å². The molecule has 0 radical (unpaired) electrons. The summed E-state index contributed by atoms with van der Waals surface area (Å²) in [6, 6.07) is -24.4. The third kappa shape index (κ3) is 3.41. The maximum absolute atomic E-state index is 9.48. The van der Waals surface area contributed by atoms with Crippen LogP contribution in [0.2, 0.25) is 0 Å². The highest BCUT2D eigenvalue weighted by Gasteiger charge is 2.42. The third-order valence-corrected chi connectivity index (χ3v) is 8.94. The van der Waals surface area contributed by atoms with E-state index in [0.29, 0.717) is 0 Å². The summed E-state index contributed by atoms with van der Waals surface area (Å²) in [6.07, 6.45) is 0. The largest absolute Gasteiger partial charge is 0.180 e. The zero-order chi connectivity index (χ0) is 41.8. The average molecular weight is 450 g/mol. The van der Waals surface area contributed by atoms with Gasteiger partial charge in [0.25, 0.3) is 0 Å². The monoisotopic (exact) mass is 449 g/mol. The van der Waals surface area contributed by atoms with Gasteiger partial charge in [-0.25, -0.2) is 0 Å². The second-order valence-corrected chi connectivity index (χ2v) is 10.0. The molecular weight excluding hydrogens is 400 g/mol. The summed E-state index contributed by atoms with van der Waals surface area (Å²) in [5.41, 5.74) is -1.84. The van der Waals surface area contributed by atoms with E-state index in [1.165, 1.54) is 6.92 Å². The van der Waals surface area contributed by atoms with Crippen molar-refractivity contribution in [3.8, 4) is 11.1 Å². The molecule has 0 amide bonds. The zero-order valence-electron chi connectivity index (χ0n) is 39.5. The quantitative estimate of drug-likeness (QED) is 0.260. The Morgan fingerprint density at radius 2 is 0.812 bits per heavy atom. The zero-order valence-corrected chi connectivity index (χ0v) is 17.5. The molecule has 5 aromatic rings. The lowest BCUT2D eigenvalue weighted by atomic mass is 10.0. The molecule has 0 N–H and O–H groups in total. The molecule has 0 spiro atoms. The van der Waals surface area contributed by atoms with Crippen molar-refractivity contribution >= 4 is 28.8 Å². The van der Waals surface area contributed by atoms with Gasteiger partial charge in [-0.3, -0.25) is 0 Å². The van der Waals surface area contributed by atoms with Gasteiger partial charge < -0.3 is 0 Å². The van der Waals surface area contributed by atoms with Crippen molar-refractivity contribution in [1.29, 1.82) is 0 Å². The van der Waals surface area contributed by atoms with Crippen LogP contribution in [0.3, 0.4) is 0 Å². The number of rotatable bonds is 5. The second-order valence-electron chi connectivity index (χ2n) is 6.50. The van der Waals surface area contributed by atoms with E-state index in [0.717, 1.165) is 0 Å². The minimum Gasteiger partial charge on any atom is -0.0623 e. The Kier molecular flexibility index (Phi) is 1.90. The lowest BCUT2D eigenvalue weighted by molar-refractivity contribution is 1.46. The van der Waals surface area contributed by atoms with Gasteiger partial charge in [-0.1, -0.05) is 139 Å². The molecule has 1 heteroatoms. The van der Waals surface area contributed by atoms with Crippen LogP contribution in [0.15, 0.2) is 139 Å². The van der Waals surface area contributed by atoms with Crippen molar-refractivity contribution in [3.63, 3.8) is 0 Å². The Labute approximate surface area is 224 Å². The van der Waals surface area contributed by atoms with Crippen molar-refractivity contribution in [2.75, 3.05) is 0 Å². The summed E-state index contributed by atoms with van der Waals surface area (Å²) in [6.45, 7) is 1.17. The molecule has 0 saturated carbocycles. The Bertz CT molecular complexity index is 2260. The van der Waals surface area contributed by atoms with E-state index in [2.05, 4.69) is 0 Å². The first-order valence-corrected chi connectivity index (χ1v) is 11.2. The molecule has 0 fully saturated rings. The average Bonchev–Trinajstić information content (AvgIpc) is 3.15. The summed E-state index contributed by atoms with van der Waals surface area (Å²) in [4.78, 5) is 0. The molecule has 0 nitrogen and oxygen atoms in total. The molecule has 0 atom stereocenters. The molecule has 32 heavy (non-hydrogen) atoms. The van der Waals surface area contributed by atoms with Gasteiger partial charge >= 0.3 is 0 Å². The van der Waals surface area contributed by atoms with E-state index < -0.39 is 179 Å². The Hall–Kier alpha value is -3.68. The van der Waals surface area contributed by atoms with Crippen molar-refractivity contribution in [3.05, 3.63) is 145 Å². The van der Waals surface area contributed by atoms with Gasteiger partial charge in [0.2, 0.25) is 0 Å². The smallest absolute Gasteiger partial charge is 0.0623 e. The van der Waals surface area contributed by atoms with Gasteiger partial charge in [-0.2, -0.15) is 0 Å². The SMILES string of the molecule is [2H]c1c([2H])c([2H])c([Si](c2c([2H])c([2H])c([2H])c([2H])c2[2H])(c2c([2H])c([2H])c([2H])c([2H])c2[2H])c2c([2H])c([2H])c([2H])c([2H])c2-c2c([2H])c([2H])c([2H])c([2H])c2C)c([2H])c1[2H]. The van der Waals surface area contributed by atoms with Crippen LogP contribution in [0.25, 0.3) is 11.1 Å². The van der Waals surface area contributed by atoms with Gasteiger partial charge in [0.05, 0.1) is 31.5 Å². The predicted octanol–water partition coefficient (Wildman–Crippen LogP) is 5.04. The van der Waals surface area contributed by atoms with Crippen LogP contribution < -0.4 is 20.7 Å². The summed E-state index contributed by atoms with van der Waals surface area (Å²) in [5.74, 6) is 0.